The molecule has 2 nitrogen and oxygen atoms in total. The Bertz CT molecular complexity index is 1050. The van der Waals surface area contributed by atoms with Gasteiger partial charge in [-0.3, -0.25) is 0 Å². The third-order valence-electron chi connectivity index (χ3n) is 4.11. The molecular weight excluding hydrogens is 403 g/mol. The highest BCUT2D eigenvalue weighted by molar-refractivity contribution is 7.98. The first-order chi connectivity index (χ1) is 12.6. The molecule has 6 heteroatoms. The molecule has 0 saturated carbocycles. The molecule has 0 fully saturated rings. The van der Waals surface area contributed by atoms with Gasteiger partial charge in [0.05, 0.1) is 5.39 Å². The monoisotopic (exact) mass is 416 g/mol. The Labute approximate surface area is 170 Å². The molecule has 0 N–H and O–H groups in total. The molecule has 26 heavy (non-hydrogen) atoms. The Hall–Kier alpha value is -1.59. The Balaban J connectivity index is 1.74. The van der Waals surface area contributed by atoms with E-state index in [2.05, 4.69) is 46.5 Å². The predicted molar refractivity (Wildman–Crippen MR) is 114 cm³/mol. The van der Waals surface area contributed by atoms with E-state index in [1.807, 2.05) is 18.2 Å². The predicted octanol–water partition coefficient (Wildman–Crippen LogP) is 7.27. The number of thiophene rings is 1. The van der Waals surface area contributed by atoms with Gasteiger partial charge in [0.25, 0.3) is 0 Å². The van der Waals surface area contributed by atoms with Crippen molar-refractivity contribution in [3.05, 3.63) is 75.3 Å². The van der Waals surface area contributed by atoms with Gasteiger partial charge in [-0.15, -0.1) is 23.1 Å². The number of benzene rings is 2. The zero-order valence-corrected chi connectivity index (χ0v) is 17.0. The minimum Gasteiger partial charge on any atom is -0.229 e. The summed E-state index contributed by atoms with van der Waals surface area (Å²) < 4.78 is 0. The molecule has 0 saturated heterocycles. The van der Waals surface area contributed by atoms with Gasteiger partial charge in [-0.2, -0.15) is 0 Å². The fraction of sp³-hybridized carbons (Fsp3) is 0.100. The van der Waals surface area contributed by atoms with Gasteiger partial charge in [-0.25, -0.2) is 9.97 Å². The minimum atomic E-state index is 0.661. The summed E-state index contributed by atoms with van der Waals surface area (Å²) in [5.74, 6) is 0.661. The third kappa shape index (κ3) is 3.47. The number of hydrogen-bond donors (Lipinski definition) is 0. The molecule has 130 valence electrons. The molecule has 0 spiro atoms. The smallest absolute Gasteiger partial charge is 0.128 e. The molecule has 2 aromatic heterocycles. The van der Waals surface area contributed by atoms with E-state index in [9.17, 15) is 0 Å². The largest absolute Gasteiger partial charge is 0.229 e. The van der Waals surface area contributed by atoms with Gasteiger partial charge in [0.2, 0.25) is 0 Å². The van der Waals surface area contributed by atoms with Crippen molar-refractivity contribution in [1.29, 1.82) is 0 Å². The van der Waals surface area contributed by atoms with Gasteiger partial charge in [0.1, 0.15) is 16.2 Å². The van der Waals surface area contributed by atoms with Gasteiger partial charge in [0.15, 0.2) is 0 Å². The van der Waals surface area contributed by atoms with Crippen molar-refractivity contribution in [2.24, 2.45) is 0 Å². The van der Waals surface area contributed by atoms with E-state index in [1.54, 1.807) is 29.4 Å². The highest BCUT2D eigenvalue weighted by Gasteiger charge is 2.15. The van der Waals surface area contributed by atoms with E-state index >= 15 is 0 Å². The first kappa shape index (κ1) is 17.8. The standard InChI is InChI=1S/C20H14Cl2N2S2/c1-12-5-7-13(8-6-12)14-9-25-19-18(14)20(24-11-23-19)26-10-15-16(21)3-2-4-17(15)22/h2-9,11H,10H2,1H3. The van der Waals surface area contributed by atoms with Crippen LogP contribution in [0.1, 0.15) is 11.1 Å². The first-order valence-corrected chi connectivity index (χ1v) is 10.6. The van der Waals surface area contributed by atoms with Gasteiger partial charge >= 0.3 is 0 Å². The van der Waals surface area contributed by atoms with Crippen LogP contribution in [0.4, 0.5) is 0 Å². The zero-order chi connectivity index (χ0) is 18.1. The second-order valence-corrected chi connectivity index (χ2v) is 8.50. The maximum atomic E-state index is 6.31. The quantitative estimate of drug-likeness (QED) is 0.258. The van der Waals surface area contributed by atoms with E-state index < -0.39 is 0 Å². The lowest BCUT2D eigenvalue weighted by Gasteiger charge is -2.08. The number of rotatable bonds is 4. The van der Waals surface area contributed by atoms with Crippen molar-refractivity contribution < 1.29 is 0 Å². The second kappa shape index (κ2) is 7.57. The molecule has 0 radical (unpaired) electrons. The molecule has 0 aliphatic rings. The van der Waals surface area contributed by atoms with Crippen LogP contribution in [0, 0.1) is 6.92 Å². The van der Waals surface area contributed by atoms with Gasteiger partial charge in [-0.05, 0) is 30.2 Å². The Kier molecular flexibility index (Phi) is 5.18. The summed E-state index contributed by atoms with van der Waals surface area (Å²) in [4.78, 5) is 9.96. The molecule has 2 heterocycles. The normalized spacial score (nSPS) is 11.2. The average Bonchev–Trinajstić information content (AvgIpc) is 3.07. The summed E-state index contributed by atoms with van der Waals surface area (Å²) in [6, 6.07) is 14.1. The number of hydrogen-bond acceptors (Lipinski definition) is 4. The van der Waals surface area contributed by atoms with Crippen LogP contribution in [0.25, 0.3) is 21.3 Å². The van der Waals surface area contributed by atoms with Crippen LogP contribution in [-0.2, 0) is 5.75 Å². The van der Waals surface area contributed by atoms with Crippen molar-refractivity contribution >= 4 is 56.5 Å². The number of fused-ring (bicyclic) bond motifs is 1. The minimum absolute atomic E-state index is 0.661. The number of aromatic nitrogens is 2. The van der Waals surface area contributed by atoms with Crippen LogP contribution in [0.15, 0.2) is 59.2 Å². The third-order valence-corrected chi connectivity index (χ3v) is 6.72. The zero-order valence-electron chi connectivity index (χ0n) is 13.9. The molecular formula is C20H14Cl2N2S2. The summed E-state index contributed by atoms with van der Waals surface area (Å²) in [5, 5.41) is 5.55. The molecule has 4 rings (SSSR count). The molecule has 0 atom stereocenters. The van der Waals surface area contributed by atoms with Gasteiger partial charge in [-0.1, -0.05) is 59.1 Å². The number of aryl methyl sites for hydroxylation is 1. The van der Waals surface area contributed by atoms with Gasteiger partial charge < -0.3 is 0 Å². The van der Waals surface area contributed by atoms with E-state index in [0.717, 1.165) is 20.8 Å². The van der Waals surface area contributed by atoms with Gasteiger partial charge in [0, 0.05) is 26.7 Å². The van der Waals surface area contributed by atoms with Crippen molar-refractivity contribution in [2.75, 3.05) is 0 Å². The summed E-state index contributed by atoms with van der Waals surface area (Å²) in [5.41, 5.74) is 4.51. The Morgan fingerprint density at radius 2 is 1.73 bits per heavy atom. The Morgan fingerprint density at radius 1 is 1.00 bits per heavy atom. The summed E-state index contributed by atoms with van der Waals surface area (Å²) in [6.07, 6.45) is 1.62. The van der Waals surface area contributed by atoms with Crippen molar-refractivity contribution in [1.82, 2.24) is 9.97 Å². The van der Waals surface area contributed by atoms with E-state index in [-0.39, 0.29) is 0 Å². The summed E-state index contributed by atoms with van der Waals surface area (Å²) in [7, 11) is 0. The van der Waals surface area contributed by atoms with E-state index in [0.29, 0.717) is 15.8 Å². The number of thioether (sulfide) groups is 1. The molecule has 0 amide bonds. The maximum Gasteiger partial charge on any atom is 0.128 e. The lowest BCUT2D eigenvalue weighted by molar-refractivity contribution is 1.11. The van der Waals surface area contributed by atoms with Crippen molar-refractivity contribution in [3.8, 4) is 11.1 Å². The van der Waals surface area contributed by atoms with E-state index in [1.165, 1.54) is 16.7 Å². The topological polar surface area (TPSA) is 25.8 Å². The van der Waals surface area contributed by atoms with E-state index in [4.69, 9.17) is 23.2 Å². The van der Waals surface area contributed by atoms with Crippen LogP contribution >= 0.6 is 46.3 Å². The molecule has 4 aromatic rings. The highest BCUT2D eigenvalue weighted by atomic mass is 35.5. The van der Waals surface area contributed by atoms with Crippen molar-refractivity contribution in [3.63, 3.8) is 0 Å². The summed E-state index contributed by atoms with van der Waals surface area (Å²) in [6.45, 7) is 2.09. The number of nitrogens with zero attached hydrogens (tertiary/aromatic N) is 2. The number of halogens is 2. The van der Waals surface area contributed by atoms with Crippen molar-refractivity contribution in [2.45, 2.75) is 17.7 Å². The second-order valence-electron chi connectivity index (χ2n) is 5.86. The fourth-order valence-corrected chi connectivity index (χ4v) is 5.45. The summed E-state index contributed by atoms with van der Waals surface area (Å²) >= 11 is 15.9. The first-order valence-electron chi connectivity index (χ1n) is 7.98. The molecule has 0 aliphatic heterocycles. The molecule has 0 bridgehead atoms. The van der Waals surface area contributed by atoms with Crippen LogP contribution in [0.3, 0.4) is 0 Å². The highest BCUT2D eigenvalue weighted by Crippen LogP contribution is 2.40. The lowest BCUT2D eigenvalue weighted by atomic mass is 10.1. The molecule has 2 aromatic carbocycles. The van der Waals surface area contributed by atoms with Crippen LogP contribution < -0.4 is 0 Å². The Morgan fingerprint density at radius 3 is 2.46 bits per heavy atom. The molecule has 0 aliphatic carbocycles. The van der Waals surface area contributed by atoms with Crippen LogP contribution in [0.5, 0.6) is 0 Å². The SMILES string of the molecule is Cc1ccc(-c2csc3ncnc(SCc4c(Cl)cccc4Cl)c23)cc1. The van der Waals surface area contributed by atoms with Crippen LogP contribution in [-0.4, -0.2) is 9.97 Å². The fourth-order valence-electron chi connectivity index (χ4n) is 2.71. The van der Waals surface area contributed by atoms with Crippen LogP contribution in [0.2, 0.25) is 10.0 Å². The maximum absolute atomic E-state index is 6.31. The average molecular weight is 417 g/mol. The lowest BCUT2D eigenvalue weighted by Crippen LogP contribution is -1.89. The molecule has 0 unspecified atom stereocenters.